The zero-order chi connectivity index (χ0) is 43.2. The van der Waals surface area contributed by atoms with Crippen molar-refractivity contribution in [1.82, 2.24) is 25.8 Å². The molecule has 3 aromatic carbocycles. The maximum atomic E-state index is 14.5. The van der Waals surface area contributed by atoms with Crippen molar-refractivity contribution in [2.75, 3.05) is 19.6 Å². The number of piperidine rings is 1. The maximum Gasteiger partial charge on any atom is 0.407 e. The molecule has 2 bridgehead atoms. The molecule has 0 spiro atoms. The Kier molecular flexibility index (Phi) is 16.9. The van der Waals surface area contributed by atoms with Crippen LogP contribution in [0.1, 0.15) is 96.8 Å². The van der Waals surface area contributed by atoms with Crippen LogP contribution < -0.4 is 16.0 Å². The van der Waals surface area contributed by atoms with E-state index in [0.717, 1.165) is 37.2 Å². The second kappa shape index (κ2) is 22.0. The van der Waals surface area contributed by atoms with Gasteiger partial charge in [-0.05, 0) is 88.3 Å². The zero-order valence-electron chi connectivity index (χ0n) is 36.5. The van der Waals surface area contributed by atoms with Crippen molar-refractivity contribution in [3.8, 4) is 0 Å². The second-order valence-electron chi connectivity index (χ2n) is 18.3. The molecule has 6 atom stereocenters. The van der Waals surface area contributed by atoms with Crippen LogP contribution in [0.5, 0.6) is 0 Å². The molecule has 60 heavy (non-hydrogen) atoms. The van der Waals surface area contributed by atoms with Gasteiger partial charge in [0.1, 0.15) is 11.6 Å². The van der Waals surface area contributed by atoms with E-state index in [4.69, 9.17) is 4.74 Å². The molecule has 324 valence electrons. The lowest BCUT2D eigenvalue weighted by Crippen LogP contribution is -2.72. The quantitative estimate of drug-likeness (QED) is 0.0998. The number of carbonyl (C=O) groups is 5. The summed E-state index contributed by atoms with van der Waals surface area (Å²) in [7, 11) is 0. The maximum absolute atomic E-state index is 14.5. The first kappa shape index (κ1) is 46.0. The van der Waals surface area contributed by atoms with Gasteiger partial charge in [-0.1, -0.05) is 112 Å². The SMILES string of the molecule is CC(C)CC(CC(=O)C(Cc1ccccc1)NC(=O)C(C)Cc1ccccc1)C(=O)NC(CCCCNC(=O)OC(C)(C)C)C(=O)N1C2CC1CN(Cc1ccccc1)C2. The number of Topliss-reactive ketones (excluding diaryl/α,β-unsaturated/α-hetero) is 1. The van der Waals surface area contributed by atoms with Crippen molar-refractivity contribution < 1.29 is 28.7 Å². The van der Waals surface area contributed by atoms with Crippen LogP contribution >= 0.6 is 0 Å². The molecule has 3 N–H and O–H groups in total. The minimum Gasteiger partial charge on any atom is -0.444 e. The van der Waals surface area contributed by atoms with Crippen LogP contribution in [0, 0.1) is 17.8 Å². The van der Waals surface area contributed by atoms with Gasteiger partial charge in [-0.15, -0.1) is 0 Å². The minimum absolute atomic E-state index is 0.0628. The summed E-state index contributed by atoms with van der Waals surface area (Å²) in [5.41, 5.74) is 2.57. The summed E-state index contributed by atoms with van der Waals surface area (Å²) in [6.07, 6.45) is 3.20. The lowest BCUT2D eigenvalue weighted by molar-refractivity contribution is -0.158. The summed E-state index contributed by atoms with van der Waals surface area (Å²) >= 11 is 0. The fraction of sp³-hybridized carbons (Fsp3) is 0.531. The van der Waals surface area contributed by atoms with Crippen molar-refractivity contribution in [3.05, 3.63) is 108 Å². The Balaban J connectivity index is 1.28. The number of amides is 4. The molecule has 3 fully saturated rings. The number of nitrogens with one attached hydrogen (secondary N) is 3. The van der Waals surface area contributed by atoms with E-state index < -0.39 is 29.7 Å². The summed E-state index contributed by atoms with van der Waals surface area (Å²) < 4.78 is 5.37. The van der Waals surface area contributed by atoms with Crippen LogP contribution in [-0.2, 0) is 43.3 Å². The number of alkyl carbamates (subject to hydrolysis) is 1. The molecule has 11 heteroatoms. The molecular formula is C49H67N5O6. The van der Waals surface area contributed by atoms with Crippen LogP contribution in [0.15, 0.2) is 91.0 Å². The smallest absolute Gasteiger partial charge is 0.407 e. The third kappa shape index (κ3) is 14.3. The third-order valence-corrected chi connectivity index (χ3v) is 11.4. The minimum atomic E-state index is -0.824. The van der Waals surface area contributed by atoms with Crippen molar-refractivity contribution in [2.45, 2.75) is 129 Å². The Hall–Kier alpha value is -5.03. The Morgan fingerprint density at radius 3 is 1.83 bits per heavy atom. The van der Waals surface area contributed by atoms with Crippen LogP contribution in [0.2, 0.25) is 0 Å². The zero-order valence-corrected chi connectivity index (χ0v) is 36.5. The molecule has 3 aliphatic rings. The van der Waals surface area contributed by atoms with E-state index in [9.17, 15) is 24.0 Å². The first-order valence-electron chi connectivity index (χ1n) is 21.9. The lowest BCUT2D eigenvalue weighted by Gasteiger charge is -2.57. The number of nitrogens with zero attached hydrogens (tertiary/aromatic N) is 2. The molecule has 0 aliphatic carbocycles. The molecule has 11 nitrogen and oxygen atoms in total. The molecular weight excluding hydrogens is 755 g/mol. The van der Waals surface area contributed by atoms with Gasteiger partial charge in [0, 0.05) is 56.5 Å². The summed E-state index contributed by atoms with van der Waals surface area (Å²) in [6.45, 7) is 14.0. The monoisotopic (exact) mass is 822 g/mol. The van der Waals surface area contributed by atoms with Gasteiger partial charge in [-0.3, -0.25) is 24.1 Å². The van der Waals surface area contributed by atoms with Crippen LogP contribution in [-0.4, -0.2) is 88.8 Å². The van der Waals surface area contributed by atoms with Crippen molar-refractivity contribution >= 4 is 29.6 Å². The molecule has 3 saturated heterocycles. The Bertz CT molecular complexity index is 1840. The number of ether oxygens (including phenoxy) is 1. The average Bonchev–Trinajstić information content (AvgIpc) is 3.19. The summed E-state index contributed by atoms with van der Waals surface area (Å²) in [4.78, 5) is 73.4. The largest absolute Gasteiger partial charge is 0.444 e. The number of rotatable bonds is 21. The highest BCUT2D eigenvalue weighted by Crippen LogP contribution is 2.34. The number of hydrogen-bond donors (Lipinski definition) is 3. The highest BCUT2D eigenvalue weighted by Gasteiger charge is 2.48. The van der Waals surface area contributed by atoms with Gasteiger partial charge < -0.3 is 25.6 Å². The summed E-state index contributed by atoms with van der Waals surface area (Å²) in [6, 6.07) is 28.2. The van der Waals surface area contributed by atoms with E-state index in [-0.39, 0.29) is 53.8 Å². The fourth-order valence-electron chi connectivity index (χ4n) is 8.44. The van der Waals surface area contributed by atoms with Crippen molar-refractivity contribution in [3.63, 3.8) is 0 Å². The standard InChI is InChI=1S/C49H67N5O6/c1-34(2)26-39(29-44(55)43(28-37-20-12-8-13-21-37)52-45(56)35(3)27-36-18-10-7-11-19-36)46(57)51-42(24-16-17-25-50-48(59)60-49(4,5)6)47(58)54-40-30-41(54)33-53(32-40)31-38-22-14-9-15-23-38/h7-15,18-23,34-35,39-43H,16-17,24-33H2,1-6H3,(H,50,59)(H,51,57)(H,52,56). The molecule has 3 heterocycles. The van der Waals surface area contributed by atoms with Crippen LogP contribution in [0.4, 0.5) is 4.79 Å². The second-order valence-corrected chi connectivity index (χ2v) is 18.3. The average molecular weight is 822 g/mol. The van der Waals surface area contributed by atoms with E-state index in [2.05, 4.69) is 33.0 Å². The highest BCUT2D eigenvalue weighted by atomic mass is 16.6. The van der Waals surface area contributed by atoms with Gasteiger partial charge >= 0.3 is 6.09 Å². The molecule has 6 unspecified atom stereocenters. The van der Waals surface area contributed by atoms with E-state index in [1.54, 1.807) is 0 Å². The van der Waals surface area contributed by atoms with Gasteiger partial charge in [0.15, 0.2) is 5.78 Å². The predicted molar refractivity (Wildman–Crippen MR) is 235 cm³/mol. The molecule has 6 rings (SSSR count). The van der Waals surface area contributed by atoms with E-state index in [1.165, 1.54) is 5.56 Å². The van der Waals surface area contributed by atoms with Gasteiger partial charge in [-0.25, -0.2) is 4.79 Å². The topological polar surface area (TPSA) is 137 Å². The normalized spacial score (nSPS) is 18.4. The molecule has 4 amide bonds. The summed E-state index contributed by atoms with van der Waals surface area (Å²) in [5.74, 6) is -1.83. The van der Waals surface area contributed by atoms with Crippen molar-refractivity contribution in [2.24, 2.45) is 17.8 Å². The lowest BCUT2D eigenvalue weighted by atomic mass is 9.85. The number of carbonyl (C=O) groups excluding carboxylic acids is 5. The van der Waals surface area contributed by atoms with Gasteiger partial charge in [-0.2, -0.15) is 0 Å². The fourth-order valence-corrected chi connectivity index (χ4v) is 8.44. The van der Waals surface area contributed by atoms with E-state index in [0.29, 0.717) is 45.1 Å². The number of hydrogen-bond acceptors (Lipinski definition) is 7. The Morgan fingerprint density at radius 1 is 0.717 bits per heavy atom. The first-order chi connectivity index (χ1) is 28.6. The predicted octanol–water partition coefficient (Wildman–Crippen LogP) is 6.88. The van der Waals surface area contributed by atoms with Crippen molar-refractivity contribution in [1.29, 1.82) is 0 Å². The summed E-state index contributed by atoms with van der Waals surface area (Å²) in [5, 5.41) is 8.97. The number of unbranched alkanes of at least 4 members (excludes halogenated alkanes) is 1. The van der Waals surface area contributed by atoms with Crippen LogP contribution in [0.3, 0.4) is 0 Å². The number of benzene rings is 3. The Morgan fingerprint density at radius 2 is 1.27 bits per heavy atom. The van der Waals surface area contributed by atoms with E-state index in [1.807, 2.05) is 125 Å². The first-order valence-corrected chi connectivity index (χ1v) is 21.9. The van der Waals surface area contributed by atoms with Crippen LogP contribution in [0.25, 0.3) is 0 Å². The highest BCUT2D eigenvalue weighted by molar-refractivity contribution is 5.94. The molecule has 3 aromatic rings. The molecule has 0 aromatic heterocycles. The van der Waals surface area contributed by atoms with Gasteiger partial charge in [0.05, 0.1) is 6.04 Å². The number of piperazine rings is 1. The molecule has 0 saturated carbocycles. The van der Waals surface area contributed by atoms with Gasteiger partial charge in [0.2, 0.25) is 17.7 Å². The molecule has 3 aliphatic heterocycles. The van der Waals surface area contributed by atoms with Gasteiger partial charge in [0.25, 0.3) is 0 Å². The Labute approximate surface area is 357 Å². The third-order valence-electron chi connectivity index (χ3n) is 11.4. The number of ketones is 1. The number of fused-ring (bicyclic) bond motifs is 2. The molecule has 0 radical (unpaired) electrons. The van der Waals surface area contributed by atoms with E-state index >= 15 is 0 Å².